The smallest absolute Gasteiger partial charge is 0.171 e. The Morgan fingerprint density at radius 1 is 0.960 bits per heavy atom. The zero-order valence-corrected chi connectivity index (χ0v) is 16.3. The Morgan fingerprint density at radius 2 is 1.60 bits per heavy atom. The van der Waals surface area contributed by atoms with E-state index in [0.29, 0.717) is 16.2 Å². The summed E-state index contributed by atoms with van der Waals surface area (Å²) >= 11 is 11.8. The fourth-order valence-electron chi connectivity index (χ4n) is 5.24. The van der Waals surface area contributed by atoms with Crippen molar-refractivity contribution < 1.29 is 0 Å². The van der Waals surface area contributed by atoms with Gasteiger partial charge in [0.1, 0.15) is 0 Å². The molecule has 3 fully saturated rings. The molecule has 25 heavy (non-hydrogen) atoms. The molecule has 3 aliphatic rings. The fourth-order valence-corrected chi connectivity index (χ4v) is 5.70. The normalized spacial score (nSPS) is 30.2. The monoisotopic (exact) mass is 377 g/mol. The lowest BCUT2D eigenvalue weighted by Crippen LogP contribution is -2.59. The van der Waals surface area contributed by atoms with Crippen LogP contribution in [0.15, 0.2) is 24.3 Å². The third kappa shape index (κ3) is 3.96. The highest BCUT2D eigenvalue weighted by atomic mass is 35.5. The molecular weight excluding hydrogens is 350 g/mol. The molecule has 0 unspecified atom stereocenters. The van der Waals surface area contributed by atoms with Crippen molar-refractivity contribution in [3.05, 3.63) is 29.3 Å². The molecule has 1 aliphatic carbocycles. The fraction of sp³-hybridized carbons (Fsp3) is 0.650. The molecule has 0 radical (unpaired) electrons. The molecule has 136 valence electrons. The highest BCUT2D eigenvalue weighted by molar-refractivity contribution is 7.80. The minimum atomic E-state index is 0.482. The molecule has 0 aromatic heterocycles. The lowest BCUT2D eigenvalue weighted by molar-refractivity contribution is -0.00596. The largest absolute Gasteiger partial charge is 0.360 e. The van der Waals surface area contributed by atoms with Gasteiger partial charge in [-0.3, -0.25) is 4.90 Å². The Hall–Kier alpha value is -0.840. The minimum absolute atomic E-state index is 0.482. The van der Waals surface area contributed by atoms with E-state index in [1.807, 2.05) is 24.3 Å². The van der Waals surface area contributed by atoms with Gasteiger partial charge in [0.15, 0.2) is 5.11 Å². The standard InChI is InChI=1S/C20H28ClN3S/c21-18-10-3-4-11-19(18)23-20(25)22-14-12-16-8-5-9-17(13-14)24(16)15-6-1-2-7-15/h3-4,10-11,14-17H,1-2,5-9,12-13H2,(H2,22,23,25)/t16-,17-/m1/s1. The van der Waals surface area contributed by atoms with Gasteiger partial charge in [-0.15, -0.1) is 0 Å². The number of piperidine rings is 2. The number of halogens is 1. The van der Waals surface area contributed by atoms with E-state index < -0.39 is 0 Å². The van der Waals surface area contributed by atoms with Crippen LogP contribution >= 0.6 is 23.8 Å². The summed E-state index contributed by atoms with van der Waals surface area (Å²) in [6.07, 6.45) is 12.2. The van der Waals surface area contributed by atoms with Gasteiger partial charge in [-0.1, -0.05) is 43.0 Å². The molecule has 2 saturated heterocycles. The van der Waals surface area contributed by atoms with Crippen LogP contribution in [0.3, 0.4) is 0 Å². The zero-order chi connectivity index (χ0) is 17.2. The van der Waals surface area contributed by atoms with E-state index in [4.69, 9.17) is 23.8 Å². The Balaban J connectivity index is 1.36. The van der Waals surface area contributed by atoms with Crippen LogP contribution in [0.4, 0.5) is 5.69 Å². The molecule has 5 heteroatoms. The highest BCUT2D eigenvalue weighted by Gasteiger charge is 2.42. The van der Waals surface area contributed by atoms with Crippen molar-refractivity contribution in [2.45, 2.75) is 82.0 Å². The topological polar surface area (TPSA) is 27.3 Å². The molecule has 4 rings (SSSR count). The number of nitrogens with zero attached hydrogens (tertiary/aromatic N) is 1. The van der Waals surface area contributed by atoms with Crippen LogP contribution < -0.4 is 10.6 Å². The quantitative estimate of drug-likeness (QED) is 0.728. The van der Waals surface area contributed by atoms with Crippen LogP contribution in [0.1, 0.15) is 57.8 Å². The van der Waals surface area contributed by atoms with Crippen molar-refractivity contribution in [1.82, 2.24) is 10.2 Å². The first-order valence-electron chi connectivity index (χ1n) is 9.80. The van der Waals surface area contributed by atoms with E-state index in [9.17, 15) is 0 Å². The van der Waals surface area contributed by atoms with E-state index in [1.165, 1.54) is 57.8 Å². The van der Waals surface area contributed by atoms with E-state index in [1.54, 1.807) is 0 Å². The van der Waals surface area contributed by atoms with Gasteiger partial charge in [-0.05, 0) is 62.9 Å². The van der Waals surface area contributed by atoms with Gasteiger partial charge in [0.05, 0.1) is 10.7 Å². The zero-order valence-electron chi connectivity index (χ0n) is 14.7. The molecule has 1 aromatic rings. The van der Waals surface area contributed by atoms with Crippen molar-refractivity contribution in [2.24, 2.45) is 0 Å². The van der Waals surface area contributed by atoms with Gasteiger partial charge < -0.3 is 10.6 Å². The summed E-state index contributed by atoms with van der Waals surface area (Å²) in [5.41, 5.74) is 0.880. The molecule has 1 saturated carbocycles. The number of rotatable bonds is 3. The first kappa shape index (κ1) is 17.6. The van der Waals surface area contributed by atoms with Crippen molar-refractivity contribution >= 4 is 34.6 Å². The second-order valence-corrected chi connectivity index (χ2v) is 8.69. The highest BCUT2D eigenvalue weighted by Crippen LogP contribution is 2.39. The number of nitrogens with one attached hydrogen (secondary N) is 2. The summed E-state index contributed by atoms with van der Waals surface area (Å²) in [4.78, 5) is 2.90. The summed E-state index contributed by atoms with van der Waals surface area (Å²) in [6.45, 7) is 0. The maximum atomic E-state index is 6.22. The Morgan fingerprint density at radius 3 is 2.28 bits per heavy atom. The number of hydrogen-bond donors (Lipinski definition) is 2. The van der Waals surface area contributed by atoms with Gasteiger partial charge in [-0.2, -0.15) is 0 Å². The minimum Gasteiger partial charge on any atom is -0.360 e. The SMILES string of the molecule is S=C(Nc1ccccc1Cl)NC1C[C@H]2CCC[C@H](C1)N2C1CCCC1. The molecule has 0 spiro atoms. The molecule has 3 nitrogen and oxygen atoms in total. The number of para-hydroxylation sites is 1. The average molecular weight is 378 g/mol. The number of hydrogen-bond acceptors (Lipinski definition) is 2. The maximum absolute atomic E-state index is 6.22. The first-order valence-corrected chi connectivity index (χ1v) is 10.6. The van der Waals surface area contributed by atoms with Crippen molar-refractivity contribution in [1.29, 1.82) is 0 Å². The van der Waals surface area contributed by atoms with Crippen LogP contribution in [0.25, 0.3) is 0 Å². The third-order valence-corrected chi connectivity index (χ3v) is 6.78. The van der Waals surface area contributed by atoms with Gasteiger partial charge in [0.2, 0.25) is 0 Å². The Bertz CT molecular complexity index is 603. The molecule has 2 heterocycles. The first-order chi connectivity index (χ1) is 12.2. The molecular formula is C20H28ClN3S. The van der Waals surface area contributed by atoms with Crippen LogP contribution in [0.5, 0.6) is 0 Å². The van der Waals surface area contributed by atoms with E-state index in [-0.39, 0.29) is 0 Å². The molecule has 0 amide bonds. The average Bonchev–Trinajstić information content (AvgIpc) is 3.10. The number of anilines is 1. The molecule has 2 aliphatic heterocycles. The lowest BCUT2D eigenvalue weighted by atomic mass is 9.80. The van der Waals surface area contributed by atoms with Crippen LogP contribution in [-0.4, -0.2) is 34.2 Å². The van der Waals surface area contributed by atoms with Crippen molar-refractivity contribution in [3.63, 3.8) is 0 Å². The molecule has 2 bridgehead atoms. The predicted octanol–water partition coefficient (Wildman–Crippen LogP) is 4.95. The van der Waals surface area contributed by atoms with E-state index in [0.717, 1.165) is 23.8 Å². The molecule has 1 aromatic carbocycles. The van der Waals surface area contributed by atoms with E-state index in [2.05, 4.69) is 15.5 Å². The van der Waals surface area contributed by atoms with Crippen molar-refractivity contribution in [3.8, 4) is 0 Å². The van der Waals surface area contributed by atoms with Crippen LogP contribution in [-0.2, 0) is 0 Å². The number of fused-ring (bicyclic) bond motifs is 2. The Kier molecular flexibility index (Phi) is 5.49. The van der Waals surface area contributed by atoms with E-state index >= 15 is 0 Å². The second-order valence-electron chi connectivity index (χ2n) is 7.87. The Labute approximate surface area is 161 Å². The van der Waals surface area contributed by atoms with Gasteiger partial charge >= 0.3 is 0 Å². The summed E-state index contributed by atoms with van der Waals surface area (Å²) in [6, 6.07) is 10.6. The van der Waals surface area contributed by atoms with Gasteiger partial charge in [-0.25, -0.2) is 0 Å². The van der Waals surface area contributed by atoms with Crippen molar-refractivity contribution in [2.75, 3.05) is 5.32 Å². The van der Waals surface area contributed by atoms with Gasteiger partial charge in [0.25, 0.3) is 0 Å². The van der Waals surface area contributed by atoms with Gasteiger partial charge in [0, 0.05) is 24.2 Å². The predicted molar refractivity (Wildman–Crippen MR) is 109 cm³/mol. The maximum Gasteiger partial charge on any atom is 0.171 e. The summed E-state index contributed by atoms with van der Waals surface area (Å²) < 4.78 is 0. The molecule has 2 atom stereocenters. The molecule has 2 N–H and O–H groups in total. The summed E-state index contributed by atoms with van der Waals surface area (Å²) in [7, 11) is 0. The lowest BCUT2D eigenvalue weighted by Gasteiger charge is -2.52. The number of benzene rings is 1. The number of thiocarbonyl (C=S) groups is 1. The second kappa shape index (κ2) is 7.81. The third-order valence-electron chi connectivity index (χ3n) is 6.23. The summed E-state index contributed by atoms with van der Waals surface area (Å²) in [5.74, 6) is 0. The van der Waals surface area contributed by atoms with Crippen LogP contribution in [0.2, 0.25) is 5.02 Å². The summed E-state index contributed by atoms with van der Waals surface area (Å²) in [5, 5.41) is 8.24. The van der Waals surface area contributed by atoms with Crippen LogP contribution in [0, 0.1) is 0 Å².